The number of ether oxygens (including phenoxy) is 1. The van der Waals surface area contributed by atoms with Crippen LogP contribution in [0.2, 0.25) is 0 Å². The van der Waals surface area contributed by atoms with Gasteiger partial charge in [0, 0.05) is 10.9 Å². The standard InChI is InChI=1S/C16H17F3O2/c1-15(2,3)21-12-9-5-7-10-6-4-8-11(13(10)12)14(20)16(17,18)19/h4-9,14,20H,1-3H3. The van der Waals surface area contributed by atoms with Gasteiger partial charge >= 0.3 is 6.18 Å². The molecule has 0 bridgehead atoms. The van der Waals surface area contributed by atoms with E-state index in [0.717, 1.165) is 0 Å². The Bertz CT molecular complexity index is 637. The van der Waals surface area contributed by atoms with Gasteiger partial charge in [-0.05, 0) is 32.2 Å². The Morgan fingerprint density at radius 1 is 1.00 bits per heavy atom. The second kappa shape index (κ2) is 5.22. The minimum absolute atomic E-state index is 0.195. The smallest absolute Gasteiger partial charge is 0.418 e. The molecule has 0 heterocycles. The number of hydrogen-bond acceptors (Lipinski definition) is 2. The lowest BCUT2D eigenvalue weighted by atomic mass is 9.99. The number of alkyl halides is 3. The molecule has 2 aromatic carbocycles. The van der Waals surface area contributed by atoms with Gasteiger partial charge in [0.05, 0.1) is 0 Å². The van der Waals surface area contributed by atoms with E-state index in [9.17, 15) is 18.3 Å². The molecule has 0 aliphatic rings. The maximum absolute atomic E-state index is 12.8. The quantitative estimate of drug-likeness (QED) is 0.877. The summed E-state index contributed by atoms with van der Waals surface area (Å²) in [6.45, 7) is 5.44. The van der Waals surface area contributed by atoms with E-state index < -0.39 is 17.9 Å². The Hall–Kier alpha value is -1.75. The zero-order valence-electron chi connectivity index (χ0n) is 12.0. The average molecular weight is 298 g/mol. The Morgan fingerprint density at radius 3 is 2.10 bits per heavy atom. The van der Waals surface area contributed by atoms with Crippen molar-refractivity contribution in [2.24, 2.45) is 0 Å². The summed E-state index contributed by atoms with van der Waals surface area (Å²) in [4.78, 5) is 0. The molecule has 21 heavy (non-hydrogen) atoms. The lowest BCUT2D eigenvalue weighted by Crippen LogP contribution is -2.24. The van der Waals surface area contributed by atoms with Crippen LogP contribution in [0.3, 0.4) is 0 Å². The van der Waals surface area contributed by atoms with Crippen LogP contribution >= 0.6 is 0 Å². The molecule has 1 atom stereocenters. The van der Waals surface area contributed by atoms with Crippen molar-refractivity contribution in [1.29, 1.82) is 0 Å². The average Bonchev–Trinajstić information content (AvgIpc) is 2.34. The summed E-state index contributed by atoms with van der Waals surface area (Å²) in [7, 11) is 0. The molecule has 0 aliphatic carbocycles. The Kier molecular flexibility index (Phi) is 3.89. The summed E-state index contributed by atoms with van der Waals surface area (Å²) >= 11 is 0. The third-order valence-corrected chi connectivity index (χ3v) is 2.92. The molecule has 0 saturated carbocycles. The maximum atomic E-state index is 12.8. The van der Waals surface area contributed by atoms with Crippen LogP contribution in [0.4, 0.5) is 13.2 Å². The molecule has 0 fully saturated rings. The van der Waals surface area contributed by atoms with Gasteiger partial charge in [-0.2, -0.15) is 13.2 Å². The third-order valence-electron chi connectivity index (χ3n) is 2.92. The largest absolute Gasteiger partial charge is 0.487 e. The first-order valence-electron chi connectivity index (χ1n) is 6.55. The molecule has 0 amide bonds. The summed E-state index contributed by atoms with van der Waals surface area (Å²) in [5.41, 5.74) is -0.746. The number of aliphatic hydroxyl groups is 1. The Labute approximate surface area is 121 Å². The predicted octanol–water partition coefficient (Wildman–Crippen LogP) is 4.61. The molecule has 0 aliphatic heterocycles. The summed E-state index contributed by atoms with van der Waals surface area (Å²) in [5.74, 6) is 0.332. The van der Waals surface area contributed by atoms with Gasteiger partial charge in [0.15, 0.2) is 6.10 Å². The van der Waals surface area contributed by atoms with Gasteiger partial charge in [0.25, 0.3) is 0 Å². The molecule has 0 spiro atoms. The number of fused-ring (bicyclic) bond motifs is 1. The van der Waals surface area contributed by atoms with E-state index in [1.807, 2.05) is 20.8 Å². The van der Waals surface area contributed by atoms with Crippen molar-refractivity contribution in [3.8, 4) is 5.75 Å². The summed E-state index contributed by atoms with van der Waals surface area (Å²) < 4.78 is 44.3. The second-order valence-electron chi connectivity index (χ2n) is 5.86. The van der Waals surface area contributed by atoms with Gasteiger partial charge in [-0.3, -0.25) is 0 Å². The van der Waals surface area contributed by atoms with E-state index in [4.69, 9.17) is 4.74 Å². The molecule has 2 aromatic rings. The topological polar surface area (TPSA) is 29.5 Å². The fourth-order valence-corrected chi connectivity index (χ4v) is 2.15. The van der Waals surface area contributed by atoms with Gasteiger partial charge < -0.3 is 9.84 Å². The number of benzene rings is 2. The van der Waals surface area contributed by atoms with E-state index in [1.54, 1.807) is 24.3 Å². The SMILES string of the molecule is CC(C)(C)Oc1cccc2cccc(C(O)C(F)(F)F)c12. The van der Waals surface area contributed by atoms with E-state index in [2.05, 4.69) is 0 Å². The van der Waals surface area contributed by atoms with Crippen molar-refractivity contribution in [2.75, 3.05) is 0 Å². The highest BCUT2D eigenvalue weighted by atomic mass is 19.4. The van der Waals surface area contributed by atoms with Crippen molar-refractivity contribution in [3.63, 3.8) is 0 Å². The third kappa shape index (κ3) is 3.47. The van der Waals surface area contributed by atoms with Gasteiger partial charge in [-0.1, -0.05) is 30.3 Å². The van der Waals surface area contributed by atoms with Crippen molar-refractivity contribution >= 4 is 10.8 Å². The van der Waals surface area contributed by atoms with Gasteiger partial charge in [-0.15, -0.1) is 0 Å². The number of rotatable bonds is 2. The zero-order valence-corrected chi connectivity index (χ0v) is 12.0. The molecule has 2 rings (SSSR count). The Morgan fingerprint density at radius 2 is 1.57 bits per heavy atom. The monoisotopic (exact) mass is 298 g/mol. The van der Waals surface area contributed by atoms with Crippen LogP contribution in [0, 0.1) is 0 Å². The van der Waals surface area contributed by atoms with E-state index in [1.165, 1.54) is 12.1 Å². The summed E-state index contributed by atoms with van der Waals surface area (Å²) in [6.07, 6.45) is -7.26. The summed E-state index contributed by atoms with van der Waals surface area (Å²) in [6, 6.07) is 9.48. The van der Waals surface area contributed by atoms with Crippen molar-refractivity contribution in [2.45, 2.75) is 38.7 Å². The molecule has 0 aromatic heterocycles. The van der Waals surface area contributed by atoms with Crippen LogP contribution in [-0.4, -0.2) is 16.9 Å². The molecule has 5 heteroatoms. The van der Waals surface area contributed by atoms with E-state index in [0.29, 0.717) is 16.5 Å². The maximum Gasteiger partial charge on any atom is 0.418 e. The van der Waals surface area contributed by atoms with Crippen LogP contribution in [0.5, 0.6) is 5.75 Å². The normalized spacial score (nSPS) is 14.2. The highest BCUT2D eigenvalue weighted by Gasteiger charge is 2.40. The predicted molar refractivity (Wildman–Crippen MR) is 75.3 cm³/mol. The van der Waals surface area contributed by atoms with Gasteiger partial charge in [0.1, 0.15) is 11.4 Å². The van der Waals surface area contributed by atoms with Crippen LogP contribution in [0.15, 0.2) is 36.4 Å². The zero-order chi connectivity index (χ0) is 15.8. The first-order chi connectivity index (χ1) is 9.59. The second-order valence-corrected chi connectivity index (χ2v) is 5.86. The molecule has 114 valence electrons. The van der Waals surface area contributed by atoms with Crippen LogP contribution in [-0.2, 0) is 0 Å². The van der Waals surface area contributed by atoms with Crippen molar-refractivity contribution in [1.82, 2.24) is 0 Å². The highest BCUT2D eigenvalue weighted by Crippen LogP contribution is 2.40. The highest BCUT2D eigenvalue weighted by molar-refractivity contribution is 5.91. The van der Waals surface area contributed by atoms with Crippen LogP contribution in [0.1, 0.15) is 32.4 Å². The molecule has 1 unspecified atom stereocenters. The van der Waals surface area contributed by atoms with E-state index >= 15 is 0 Å². The molecule has 2 nitrogen and oxygen atoms in total. The van der Waals surface area contributed by atoms with E-state index in [-0.39, 0.29) is 5.56 Å². The molecular weight excluding hydrogens is 281 g/mol. The van der Waals surface area contributed by atoms with Gasteiger partial charge in [0.2, 0.25) is 0 Å². The number of hydrogen-bond donors (Lipinski definition) is 1. The Balaban J connectivity index is 2.67. The van der Waals surface area contributed by atoms with Gasteiger partial charge in [-0.25, -0.2) is 0 Å². The fourth-order valence-electron chi connectivity index (χ4n) is 2.15. The lowest BCUT2D eigenvalue weighted by Gasteiger charge is -2.24. The fraction of sp³-hybridized carbons (Fsp3) is 0.375. The van der Waals surface area contributed by atoms with Crippen LogP contribution in [0.25, 0.3) is 10.8 Å². The molecule has 0 saturated heterocycles. The first kappa shape index (κ1) is 15.6. The van der Waals surface area contributed by atoms with Crippen molar-refractivity contribution < 1.29 is 23.0 Å². The summed E-state index contributed by atoms with van der Waals surface area (Å²) in [5, 5.41) is 10.5. The molecular formula is C16H17F3O2. The first-order valence-corrected chi connectivity index (χ1v) is 6.55. The molecule has 0 radical (unpaired) electrons. The minimum atomic E-state index is -4.72. The lowest BCUT2D eigenvalue weighted by molar-refractivity contribution is -0.206. The van der Waals surface area contributed by atoms with Crippen LogP contribution < -0.4 is 4.74 Å². The number of aliphatic hydroxyl groups excluding tert-OH is 1. The minimum Gasteiger partial charge on any atom is -0.487 e. The number of halogens is 3. The van der Waals surface area contributed by atoms with Crippen molar-refractivity contribution in [3.05, 3.63) is 42.0 Å². The molecule has 1 N–H and O–H groups in total.